The van der Waals surface area contributed by atoms with Crippen molar-refractivity contribution in [3.8, 4) is 0 Å². The minimum atomic E-state index is 0.0680. The second kappa shape index (κ2) is 2.69. The monoisotopic (exact) mass is 250 g/mol. The number of hydrogen-bond acceptors (Lipinski definition) is 1. The Labute approximate surface area is 91.6 Å². The summed E-state index contributed by atoms with van der Waals surface area (Å²) in [7, 11) is 0. The van der Waals surface area contributed by atoms with Crippen molar-refractivity contribution in [2.75, 3.05) is 0 Å². The molecule has 2 heteroatoms. The summed E-state index contributed by atoms with van der Waals surface area (Å²) < 4.78 is 1.03. The molecule has 3 saturated carbocycles. The third-order valence-electron chi connectivity index (χ3n) is 3.63. The molecule has 1 aromatic carbocycles. The second-order valence-corrected chi connectivity index (χ2v) is 5.51. The molecule has 0 unspecified atom stereocenters. The van der Waals surface area contributed by atoms with E-state index in [0.717, 1.165) is 35.2 Å². The van der Waals surface area contributed by atoms with Crippen molar-refractivity contribution >= 4 is 21.7 Å². The molecule has 0 atom stereocenters. The van der Waals surface area contributed by atoms with Gasteiger partial charge < -0.3 is 0 Å². The van der Waals surface area contributed by atoms with E-state index < -0.39 is 0 Å². The molecule has 72 valence electrons. The molecule has 0 aromatic heterocycles. The van der Waals surface area contributed by atoms with Crippen molar-refractivity contribution in [2.24, 2.45) is 11.3 Å². The van der Waals surface area contributed by atoms with Crippen LogP contribution in [0.15, 0.2) is 28.7 Å². The van der Waals surface area contributed by atoms with Crippen LogP contribution in [0.4, 0.5) is 0 Å². The summed E-state index contributed by atoms with van der Waals surface area (Å²) in [6.07, 6.45) is 3.42. The van der Waals surface area contributed by atoms with Crippen molar-refractivity contribution in [1.29, 1.82) is 0 Å². The Hall–Kier alpha value is -0.630. The minimum absolute atomic E-state index is 0.0680. The average Bonchev–Trinajstić information content (AvgIpc) is 1.99. The fourth-order valence-electron chi connectivity index (χ4n) is 2.66. The molecule has 0 N–H and O–H groups in total. The van der Waals surface area contributed by atoms with Gasteiger partial charge in [-0.05, 0) is 37.3 Å². The average molecular weight is 251 g/mol. The summed E-state index contributed by atoms with van der Waals surface area (Å²) in [4.78, 5) is 12.1. The van der Waals surface area contributed by atoms with Gasteiger partial charge in [0, 0.05) is 15.5 Å². The number of carbonyl (C=O) groups excluding carboxylic acids is 1. The summed E-state index contributed by atoms with van der Waals surface area (Å²) in [6, 6.07) is 7.73. The first-order valence-corrected chi connectivity index (χ1v) is 5.79. The van der Waals surface area contributed by atoms with Crippen molar-refractivity contribution in [1.82, 2.24) is 0 Å². The molecule has 1 aromatic rings. The van der Waals surface area contributed by atoms with Crippen LogP contribution < -0.4 is 0 Å². The number of benzene rings is 1. The van der Waals surface area contributed by atoms with E-state index in [1.165, 1.54) is 0 Å². The number of carbonyl (C=O) groups is 1. The fraction of sp³-hybridized carbons (Fsp3) is 0.417. The molecule has 2 bridgehead atoms. The summed E-state index contributed by atoms with van der Waals surface area (Å²) in [5, 5.41) is 0. The molecule has 0 saturated heterocycles. The summed E-state index contributed by atoms with van der Waals surface area (Å²) in [5.74, 6) is 1.24. The molecule has 3 aliphatic rings. The lowest BCUT2D eigenvalue weighted by Gasteiger charge is -2.60. The maximum atomic E-state index is 12.1. The van der Waals surface area contributed by atoms with E-state index in [0.29, 0.717) is 5.78 Å². The number of ketones is 1. The zero-order valence-corrected chi connectivity index (χ0v) is 9.38. The van der Waals surface area contributed by atoms with Crippen LogP contribution in [-0.4, -0.2) is 5.78 Å². The predicted molar refractivity (Wildman–Crippen MR) is 58.2 cm³/mol. The maximum Gasteiger partial charge on any atom is 0.169 e. The van der Waals surface area contributed by atoms with Crippen LogP contribution >= 0.6 is 15.9 Å². The number of hydrogen-bond donors (Lipinski definition) is 0. The Morgan fingerprint density at radius 2 is 1.79 bits per heavy atom. The zero-order valence-electron chi connectivity index (χ0n) is 7.79. The third-order valence-corrected chi connectivity index (χ3v) is 4.15. The zero-order chi connectivity index (χ0) is 9.76. The summed E-state index contributed by atoms with van der Waals surface area (Å²) >= 11 is 3.37. The van der Waals surface area contributed by atoms with Gasteiger partial charge in [0.05, 0.1) is 0 Å². The molecular formula is C12H11BrO. The SMILES string of the molecule is O=C(c1ccc(Br)cc1)C12CC(C1)C2. The third kappa shape index (κ3) is 1.04. The standard InChI is InChI=1S/C12H11BrO/c13-10-3-1-9(2-4-10)11(14)12-5-8(6-12)7-12/h1-4,8H,5-7H2. The minimum Gasteiger partial charge on any atom is -0.294 e. The fourth-order valence-corrected chi connectivity index (χ4v) is 2.93. The molecule has 1 nitrogen and oxygen atoms in total. The van der Waals surface area contributed by atoms with Gasteiger partial charge in [-0.3, -0.25) is 4.79 Å². The Morgan fingerprint density at radius 1 is 1.21 bits per heavy atom. The second-order valence-electron chi connectivity index (χ2n) is 4.59. The van der Waals surface area contributed by atoms with Gasteiger partial charge in [0.2, 0.25) is 0 Å². The highest BCUT2D eigenvalue weighted by atomic mass is 79.9. The Bertz CT molecular complexity index is 376. The van der Waals surface area contributed by atoms with Gasteiger partial charge in [0.1, 0.15) is 0 Å². The molecule has 0 aliphatic heterocycles. The highest BCUT2D eigenvalue weighted by molar-refractivity contribution is 9.10. The van der Waals surface area contributed by atoms with Crippen LogP contribution in [0.3, 0.4) is 0 Å². The van der Waals surface area contributed by atoms with Crippen molar-refractivity contribution < 1.29 is 4.79 Å². The normalized spacial score (nSPS) is 33.1. The molecule has 0 amide bonds. The molecule has 0 spiro atoms. The maximum absolute atomic E-state index is 12.1. The highest BCUT2D eigenvalue weighted by Crippen LogP contribution is 2.65. The van der Waals surface area contributed by atoms with Crippen molar-refractivity contribution in [3.63, 3.8) is 0 Å². The van der Waals surface area contributed by atoms with E-state index in [9.17, 15) is 4.79 Å². The van der Waals surface area contributed by atoms with E-state index in [2.05, 4.69) is 15.9 Å². The van der Waals surface area contributed by atoms with Gasteiger partial charge >= 0.3 is 0 Å². The first kappa shape index (κ1) is 8.66. The molecule has 14 heavy (non-hydrogen) atoms. The van der Waals surface area contributed by atoms with Gasteiger partial charge in [0.25, 0.3) is 0 Å². The first-order chi connectivity index (χ1) is 6.70. The van der Waals surface area contributed by atoms with Crippen LogP contribution in [-0.2, 0) is 0 Å². The summed E-state index contributed by atoms with van der Waals surface area (Å²) in [5.41, 5.74) is 0.949. The molecule has 4 rings (SSSR count). The van der Waals surface area contributed by atoms with Crippen molar-refractivity contribution in [2.45, 2.75) is 19.3 Å². The number of Topliss-reactive ketones (excluding diaryl/α,β-unsaturated/α-hetero) is 1. The van der Waals surface area contributed by atoms with Crippen LogP contribution in [0.5, 0.6) is 0 Å². The Morgan fingerprint density at radius 3 is 2.21 bits per heavy atom. The number of rotatable bonds is 2. The quantitative estimate of drug-likeness (QED) is 0.736. The largest absolute Gasteiger partial charge is 0.294 e. The molecule has 0 radical (unpaired) electrons. The topological polar surface area (TPSA) is 17.1 Å². The molecule has 3 fully saturated rings. The van der Waals surface area contributed by atoms with E-state index in [-0.39, 0.29) is 5.41 Å². The van der Waals surface area contributed by atoms with Crippen molar-refractivity contribution in [3.05, 3.63) is 34.3 Å². The first-order valence-electron chi connectivity index (χ1n) is 5.00. The number of halogens is 1. The Kier molecular flexibility index (Phi) is 1.67. The van der Waals surface area contributed by atoms with Gasteiger partial charge in [-0.25, -0.2) is 0 Å². The van der Waals surface area contributed by atoms with E-state index in [4.69, 9.17) is 0 Å². The van der Waals surface area contributed by atoms with Gasteiger partial charge in [-0.2, -0.15) is 0 Å². The van der Waals surface area contributed by atoms with E-state index in [1.54, 1.807) is 0 Å². The van der Waals surface area contributed by atoms with Crippen LogP contribution in [0, 0.1) is 11.3 Å². The van der Waals surface area contributed by atoms with E-state index >= 15 is 0 Å². The van der Waals surface area contributed by atoms with Gasteiger partial charge in [-0.15, -0.1) is 0 Å². The lowest BCUT2D eigenvalue weighted by molar-refractivity contribution is -0.0707. The van der Waals surface area contributed by atoms with Gasteiger partial charge in [0.15, 0.2) is 5.78 Å². The van der Waals surface area contributed by atoms with Gasteiger partial charge in [-0.1, -0.05) is 28.1 Å². The predicted octanol–water partition coefficient (Wildman–Crippen LogP) is 3.43. The lowest BCUT2D eigenvalue weighted by atomic mass is 9.42. The van der Waals surface area contributed by atoms with Crippen LogP contribution in [0.1, 0.15) is 29.6 Å². The molecular weight excluding hydrogens is 240 g/mol. The smallest absolute Gasteiger partial charge is 0.169 e. The van der Waals surface area contributed by atoms with Crippen LogP contribution in [0.25, 0.3) is 0 Å². The Balaban J connectivity index is 1.88. The molecule has 3 aliphatic carbocycles. The highest BCUT2D eigenvalue weighted by Gasteiger charge is 2.60. The van der Waals surface area contributed by atoms with E-state index in [1.807, 2.05) is 24.3 Å². The summed E-state index contributed by atoms with van der Waals surface area (Å²) in [6.45, 7) is 0. The van der Waals surface area contributed by atoms with Crippen LogP contribution in [0.2, 0.25) is 0 Å². The lowest BCUT2D eigenvalue weighted by Crippen LogP contribution is -2.56. The molecule has 0 heterocycles.